The third-order valence-electron chi connectivity index (χ3n) is 1.60. The van der Waals surface area contributed by atoms with Gasteiger partial charge in [0, 0.05) is 5.38 Å². The minimum absolute atomic E-state index is 0.288. The lowest BCUT2D eigenvalue weighted by Gasteiger charge is -2.06. The number of hydrogen-bond donors (Lipinski definition) is 0. The fourth-order valence-electron chi connectivity index (χ4n) is 1.03. The molecule has 0 unspecified atom stereocenters. The van der Waals surface area contributed by atoms with Gasteiger partial charge in [0.1, 0.15) is 6.61 Å². The molecular weight excluding hydrogens is 176 g/mol. The highest BCUT2D eigenvalue weighted by Crippen LogP contribution is 2.22. The first kappa shape index (κ1) is 7.54. The average molecular weight is 184 g/mol. The predicted octanol–water partition coefficient (Wildman–Crippen LogP) is 1.41. The van der Waals surface area contributed by atoms with Crippen molar-refractivity contribution in [3.63, 3.8) is 0 Å². The molecule has 2 rings (SSSR count). The Labute approximate surface area is 73.8 Å². The van der Waals surface area contributed by atoms with Gasteiger partial charge in [0.2, 0.25) is 0 Å². The number of aromatic nitrogens is 1. The van der Waals surface area contributed by atoms with Crippen molar-refractivity contribution in [1.29, 1.82) is 0 Å². The number of carbonyl (C=O) groups is 1. The standard InChI is InChI=1S/C7H8N2O2S/c1-5-4-12-6(8-5)9-2-3-11-7(9)10/h4H,2-3H2,1H3. The second-order valence-electron chi connectivity index (χ2n) is 2.54. The maximum Gasteiger partial charge on any atom is 0.416 e. The Morgan fingerprint density at radius 1 is 1.75 bits per heavy atom. The Bertz CT molecular complexity index is 310. The molecule has 1 aliphatic rings. The number of anilines is 1. The van der Waals surface area contributed by atoms with Crippen molar-refractivity contribution in [2.75, 3.05) is 18.1 Å². The highest BCUT2D eigenvalue weighted by Gasteiger charge is 2.25. The van der Waals surface area contributed by atoms with Gasteiger partial charge in [0.05, 0.1) is 12.2 Å². The van der Waals surface area contributed by atoms with Crippen LogP contribution in [-0.2, 0) is 4.74 Å². The zero-order valence-electron chi connectivity index (χ0n) is 6.61. The maximum atomic E-state index is 11.1. The van der Waals surface area contributed by atoms with E-state index in [2.05, 4.69) is 4.98 Å². The van der Waals surface area contributed by atoms with Crippen molar-refractivity contribution in [3.05, 3.63) is 11.1 Å². The van der Waals surface area contributed by atoms with Crippen LogP contribution in [0, 0.1) is 6.92 Å². The van der Waals surface area contributed by atoms with E-state index in [1.165, 1.54) is 11.3 Å². The van der Waals surface area contributed by atoms with E-state index in [4.69, 9.17) is 4.74 Å². The van der Waals surface area contributed by atoms with Crippen LogP contribution in [0.4, 0.5) is 9.93 Å². The van der Waals surface area contributed by atoms with Crippen molar-refractivity contribution in [1.82, 2.24) is 4.98 Å². The molecule has 0 aliphatic carbocycles. The third kappa shape index (κ3) is 1.16. The van der Waals surface area contributed by atoms with Crippen LogP contribution in [0.3, 0.4) is 0 Å². The first-order chi connectivity index (χ1) is 5.77. The Morgan fingerprint density at radius 2 is 2.58 bits per heavy atom. The van der Waals surface area contributed by atoms with E-state index in [1.54, 1.807) is 4.90 Å². The highest BCUT2D eigenvalue weighted by atomic mass is 32.1. The molecule has 1 aliphatic heterocycles. The Kier molecular flexibility index (Phi) is 1.73. The second-order valence-corrected chi connectivity index (χ2v) is 3.37. The smallest absolute Gasteiger partial charge is 0.416 e. The zero-order valence-corrected chi connectivity index (χ0v) is 7.43. The van der Waals surface area contributed by atoms with E-state index in [9.17, 15) is 4.79 Å². The van der Waals surface area contributed by atoms with Gasteiger partial charge < -0.3 is 4.74 Å². The van der Waals surface area contributed by atoms with Crippen molar-refractivity contribution in [2.24, 2.45) is 0 Å². The summed E-state index contributed by atoms with van der Waals surface area (Å²) in [5.41, 5.74) is 0.940. The zero-order chi connectivity index (χ0) is 8.55. The summed E-state index contributed by atoms with van der Waals surface area (Å²) in [5, 5.41) is 2.65. The molecule has 0 N–H and O–H groups in total. The van der Waals surface area contributed by atoms with E-state index in [-0.39, 0.29) is 6.09 Å². The summed E-state index contributed by atoms with van der Waals surface area (Å²) < 4.78 is 4.78. The molecule has 64 valence electrons. The molecule has 1 aromatic heterocycles. The molecule has 5 heteroatoms. The second kappa shape index (κ2) is 2.75. The number of rotatable bonds is 1. The summed E-state index contributed by atoms with van der Waals surface area (Å²) in [7, 11) is 0. The van der Waals surface area contributed by atoms with Crippen LogP contribution in [0.1, 0.15) is 5.69 Å². The van der Waals surface area contributed by atoms with Crippen LogP contribution in [-0.4, -0.2) is 24.2 Å². The van der Waals surface area contributed by atoms with Crippen LogP contribution in [0.2, 0.25) is 0 Å². The topological polar surface area (TPSA) is 42.4 Å². The summed E-state index contributed by atoms with van der Waals surface area (Å²) >= 11 is 1.46. The van der Waals surface area contributed by atoms with Gasteiger partial charge in [-0.2, -0.15) is 0 Å². The van der Waals surface area contributed by atoms with Gasteiger partial charge in [0.15, 0.2) is 5.13 Å². The molecule has 0 aromatic carbocycles. The first-order valence-electron chi connectivity index (χ1n) is 3.64. The molecule has 1 saturated heterocycles. The normalized spacial score (nSPS) is 16.8. The lowest BCUT2D eigenvalue weighted by Crippen LogP contribution is -2.22. The third-order valence-corrected chi connectivity index (χ3v) is 2.58. The van der Waals surface area contributed by atoms with Gasteiger partial charge in [-0.1, -0.05) is 0 Å². The summed E-state index contributed by atoms with van der Waals surface area (Å²) in [6, 6.07) is 0. The van der Waals surface area contributed by atoms with E-state index in [0.717, 1.165) is 10.8 Å². The molecule has 1 aromatic rings. The minimum Gasteiger partial charge on any atom is -0.447 e. The molecule has 1 fully saturated rings. The van der Waals surface area contributed by atoms with Crippen molar-refractivity contribution < 1.29 is 9.53 Å². The van der Waals surface area contributed by atoms with Crippen LogP contribution in [0.25, 0.3) is 0 Å². The minimum atomic E-state index is -0.288. The Hall–Kier alpha value is -1.10. The molecule has 0 spiro atoms. The molecule has 12 heavy (non-hydrogen) atoms. The quantitative estimate of drug-likeness (QED) is 0.662. The average Bonchev–Trinajstić information content (AvgIpc) is 2.58. The molecule has 0 saturated carbocycles. The molecule has 1 amide bonds. The monoisotopic (exact) mass is 184 g/mol. The van der Waals surface area contributed by atoms with Gasteiger partial charge in [-0.3, -0.25) is 0 Å². The van der Waals surface area contributed by atoms with Gasteiger partial charge in [0.25, 0.3) is 0 Å². The fourth-order valence-corrected chi connectivity index (χ4v) is 1.85. The van der Waals surface area contributed by atoms with E-state index in [1.807, 2.05) is 12.3 Å². The number of aryl methyl sites for hydroxylation is 1. The fraction of sp³-hybridized carbons (Fsp3) is 0.429. The van der Waals surface area contributed by atoms with Crippen LogP contribution >= 0.6 is 11.3 Å². The van der Waals surface area contributed by atoms with Crippen molar-refractivity contribution in [2.45, 2.75) is 6.92 Å². The number of hydrogen-bond acceptors (Lipinski definition) is 4. The highest BCUT2D eigenvalue weighted by molar-refractivity contribution is 7.14. The van der Waals surface area contributed by atoms with Gasteiger partial charge in [-0.05, 0) is 6.92 Å². The van der Waals surface area contributed by atoms with Crippen LogP contribution < -0.4 is 4.90 Å². The van der Waals surface area contributed by atoms with E-state index >= 15 is 0 Å². The van der Waals surface area contributed by atoms with Gasteiger partial charge >= 0.3 is 6.09 Å². The number of thiazole rings is 1. The Morgan fingerprint density at radius 3 is 3.08 bits per heavy atom. The lowest BCUT2D eigenvalue weighted by atomic mass is 10.6. The molecular formula is C7H8N2O2S. The predicted molar refractivity (Wildman–Crippen MR) is 45.5 cm³/mol. The summed E-state index contributed by atoms with van der Waals surface area (Å²) in [6.07, 6.45) is -0.288. The number of carbonyl (C=O) groups excluding carboxylic acids is 1. The summed E-state index contributed by atoms with van der Waals surface area (Å²) in [5.74, 6) is 0. The number of cyclic esters (lactones) is 1. The molecule has 0 bridgehead atoms. The summed E-state index contributed by atoms with van der Waals surface area (Å²) in [4.78, 5) is 16.8. The van der Waals surface area contributed by atoms with Gasteiger partial charge in [-0.25, -0.2) is 14.7 Å². The largest absolute Gasteiger partial charge is 0.447 e. The Balaban J connectivity index is 2.24. The molecule has 4 nitrogen and oxygen atoms in total. The lowest BCUT2D eigenvalue weighted by molar-refractivity contribution is 0.181. The molecule has 2 heterocycles. The maximum absolute atomic E-state index is 11.1. The SMILES string of the molecule is Cc1csc(N2CCOC2=O)n1. The van der Waals surface area contributed by atoms with E-state index in [0.29, 0.717) is 13.2 Å². The van der Waals surface area contributed by atoms with Crippen molar-refractivity contribution in [3.8, 4) is 0 Å². The van der Waals surface area contributed by atoms with Crippen LogP contribution in [0.5, 0.6) is 0 Å². The number of nitrogens with zero attached hydrogens (tertiary/aromatic N) is 2. The van der Waals surface area contributed by atoms with Crippen molar-refractivity contribution >= 4 is 22.6 Å². The molecule has 0 radical (unpaired) electrons. The summed E-state index contributed by atoms with van der Waals surface area (Å²) in [6.45, 7) is 2.99. The molecule has 0 atom stereocenters. The van der Waals surface area contributed by atoms with Crippen LogP contribution in [0.15, 0.2) is 5.38 Å². The first-order valence-corrected chi connectivity index (χ1v) is 4.52. The number of ether oxygens (including phenoxy) is 1. The number of amides is 1. The van der Waals surface area contributed by atoms with E-state index < -0.39 is 0 Å². The van der Waals surface area contributed by atoms with Gasteiger partial charge in [-0.15, -0.1) is 11.3 Å².